The fourth-order valence-corrected chi connectivity index (χ4v) is 1.89. The lowest BCUT2D eigenvalue weighted by Crippen LogP contribution is -2.02. The van der Waals surface area contributed by atoms with Gasteiger partial charge in [0.05, 0.1) is 0 Å². The van der Waals surface area contributed by atoms with Crippen LogP contribution in [-0.2, 0) is 13.0 Å². The van der Waals surface area contributed by atoms with Gasteiger partial charge in [-0.1, -0.05) is 44.2 Å². The van der Waals surface area contributed by atoms with Gasteiger partial charge in [0.1, 0.15) is 12.4 Å². The maximum atomic E-state index is 11.0. The second kappa shape index (κ2) is 6.48. The monoisotopic (exact) mass is 288 g/mol. The van der Waals surface area contributed by atoms with E-state index < -0.39 is 5.82 Å². The van der Waals surface area contributed by atoms with Crippen molar-refractivity contribution in [3.8, 4) is 5.75 Å². The molecule has 0 unspecified atom stereocenters. The summed E-state index contributed by atoms with van der Waals surface area (Å²) in [6.45, 7) is 10.2. The van der Waals surface area contributed by atoms with Crippen molar-refractivity contribution in [2.24, 2.45) is 5.92 Å². The van der Waals surface area contributed by atoms with Gasteiger partial charge in [-0.25, -0.2) is 4.79 Å². The lowest BCUT2D eigenvalue weighted by molar-refractivity contribution is 0.260. The van der Waals surface area contributed by atoms with Gasteiger partial charge in [-0.3, -0.25) is 0 Å². The van der Waals surface area contributed by atoms with Crippen LogP contribution in [-0.4, -0.2) is 0 Å². The minimum atomic E-state index is -0.701. The molecular formula is C17H20O4. The fourth-order valence-electron chi connectivity index (χ4n) is 1.89. The summed E-state index contributed by atoms with van der Waals surface area (Å²) in [6, 6.07) is 7.80. The first-order valence-electron chi connectivity index (χ1n) is 6.95. The zero-order valence-electron chi connectivity index (χ0n) is 12.6. The Balaban J connectivity index is 2.11. The van der Waals surface area contributed by atoms with Crippen molar-refractivity contribution in [2.75, 3.05) is 0 Å². The summed E-state index contributed by atoms with van der Waals surface area (Å²) in [5, 5.41) is 0. The van der Waals surface area contributed by atoms with Crippen LogP contribution in [0.25, 0.3) is 0 Å². The molecule has 0 saturated carbocycles. The number of allylic oxidation sites excluding steroid dienone is 1. The van der Waals surface area contributed by atoms with Crippen LogP contribution in [0.2, 0.25) is 0 Å². The van der Waals surface area contributed by atoms with Crippen LogP contribution >= 0.6 is 0 Å². The Morgan fingerprint density at radius 2 is 2.00 bits per heavy atom. The number of hydrogen-bond acceptors (Lipinski definition) is 4. The van der Waals surface area contributed by atoms with E-state index >= 15 is 0 Å². The molecule has 1 heterocycles. The van der Waals surface area contributed by atoms with Crippen LogP contribution in [0.3, 0.4) is 0 Å². The Bertz CT molecular complexity index is 676. The van der Waals surface area contributed by atoms with Crippen LogP contribution in [0, 0.1) is 12.8 Å². The van der Waals surface area contributed by atoms with Gasteiger partial charge >= 0.3 is 5.82 Å². The van der Waals surface area contributed by atoms with Gasteiger partial charge in [-0.15, -0.1) is 0 Å². The molecule has 1 aromatic heterocycles. The highest BCUT2D eigenvalue weighted by molar-refractivity contribution is 5.36. The van der Waals surface area contributed by atoms with E-state index in [1.807, 2.05) is 24.3 Å². The second-order valence-electron chi connectivity index (χ2n) is 5.32. The molecule has 1 aromatic carbocycles. The summed E-state index contributed by atoms with van der Waals surface area (Å²) in [5.41, 5.74) is 2.22. The molecule has 0 saturated heterocycles. The number of benzene rings is 1. The van der Waals surface area contributed by atoms with Crippen molar-refractivity contribution in [2.45, 2.75) is 33.8 Å². The maximum Gasteiger partial charge on any atom is 0.519 e. The quantitative estimate of drug-likeness (QED) is 0.757. The molecule has 2 aromatic rings. The highest BCUT2D eigenvalue weighted by Crippen LogP contribution is 2.24. The third-order valence-electron chi connectivity index (χ3n) is 3.40. The van der Waals surface area contributed by atoms with Crippen LogP contribution in [0.4, 0.5) is 0 Å². The lowest BCUT2D eigenvalue weighted by Gasteiger charge is -2.13. The fraction of sp³-hybridized carbons (Fsp3) is 0.353. The van der Waals surface area contributed by atoms with Gasteiger partial charge < -0.3 is 13.6 Å². The molecule has 0 fully saturated rings. The first-order chi connectivity index (χ1) is 9.97. The van der Waals surface area contributed by atoms with Crippen molar-refractivity contribution < 1.29 is 13.6 Å². The number of hydrogen-bond donors (Lipinski definition) is 0. The zero-order chi connectivity index (χ0) is 15.4. The molecule has 0 spiro atoms. The predicted octanol–water partition coefficient (Wildman–Crippen LogP) is 3.87. The molecule has 112 valence electrons. The van der Waals surface area contributed by atoms with Crippen molar-refractivity contribution in [3.63, 3.8) is 0 Å². The average Bonchev–Trinajstić information content (AvgIpc) is 2.76. The summed E-state index contributed by atoms with van der Waals surface area (Å²) in [7, 11) is 0. The average molecular weight is 288 g/mol. The normalized spacial score (nSPS) is 10.9. The maximum absolute atomic E-state index is 11.0. The first kappa shape index (κ1) is 15.2. The van der Waals surface area contributed by atoms with E-state index in [0.717, 1.165) is 23.3 Å². The Labute approximate surface area is 124 Å². The molecular weight excluding hydrogens is 268 g/mol. The van der Waals surface area contributed by atoms with Gasteiger partial charge in [0.2, 0.25) is 0 Å². The standard InChI is InChI=1S/C17H20O4/c1-11(2)12(3)9-14-7-5-6-8-15(14)19-10-16-13(4)20-17(18)21-16/h5-8,11H,3,9-10H2,1-2,4H3. The molecule has 0 amide bonds. The zero-order valence-corrected chi connectivity index (χ0v) is 12.6. The number of para-hydroxylation sites is 1. The molecule has 0 radical (unpaired) electrons. The number of ether oxygens (including phenoxy) is 1. The minimum Gasteiger partial charge on any atom is -0.485 e. The van der Waals surface area contributed by atoms with E-state index in [0.29, 0.717) is 17.4 Å². The highest BCUT2D eigenvalue weighted by Gasteiger charge is 2.11. The molecule has 0 aliphatic carbocycles. The summed E-state index contributed by atoms with van der Waals surface area (Å²) < 4.78 is 15.5. The first-order valence-corrected chi connectivity index (χ1v) is 6.95. The minimum absolute atomic E-state index is 0.169. The third-order valence-corrected chi connectivity index (χ3v) is 3.40. The molecule has 0 N–H and O–H groups in total. The van der Waals surface area contributed by atoms with Crippen molar-refractivity contribution >= 4 is 0 Å². The molecule has 4 heteroatoms. The van der Waals surface area contributed by atoms with Gasteiger partial charge in [-0.05, 0) is 30.9 Å². The Kier molecular flexibility index (Phi) is 4.68. The van der Waals surface area contributed by atoms with E-state index in [4.69, 9.17) is 13.6 Å². The third kappa shape index (κ3) is 3.88. The smallest absolute Gasteiger partial charge is 0.485 e. The van der Waals surface area contributed by atoms with Gasteiger partial charge in [0, 0.05) is 0 Å². The molecule has 4 nitrogen and oxygen atoms in total. The van der Waals surface area contributed by atoms with E-state index in [9.17, 15) is 4.79 Å². The molecule has 0 aliphatic rings. The molecule has 2 rings (SSSR count). The van der Waals surface area contributed by atoms with Crippen molar-refractivity contribution in [1.82, 2.24) is 0 Å². The van der Waals surface area contributed by atoms with Gasteiger partial charge in [0.15, 0.2) is 11.5 Å². The second-order valence-corrected chi connectivity index (χ2v) is 5.32. The topological polar surface area (TPSA) is 52.6 Å². The predicted molar refractivity (Wildman–Crippen MR) is 80.4 cm³/mol. The van der Waals surface area contributed by atoms with Crippen LogP contribution in [0.1, 0.15) is 30.9 Å². The lowest BCUT2D eigenvalue weighted by atomic mass is 9.97. The van der Waals surface area contributed by atoms with E-state index in [-0.39, 0.29) is 6.61 Å². The number of aryl methyl sites for hydroxylation is 1. The van der Waals surface area contributed by atoms with Crippen molar-refractivity contribution in [3.05, 3.63) is 64.1 Å². The molecule has 0 bridgehead atoms. The van der Waals surface area contributed by atoms with E-state index in [2.05, 4.69) is 20.4 Å². The van der Waals surface area contributed by atoms with Gasteiger partial charge in [-0.2, -0.15) is 0 Å². The Hall–Kier alpha value is -2.23. The van der Waals surface area contributed by atoms with Crippen LogP contribution in [0.5, 0.6) is 5.75 Å². The van der Waals surface area contributed by atoms with Crippen LogP contribution < -0.4 is 10.6 Å². The molecule has 21 heavy (non-hydrogen) atoms. The molecule has 0 aliphatic heterocycles. The summed E-state index contributed by atoms with van der Waals surface area (Å²) >= 11 is 0. The number of rotatable bonds is 6. The van der Waals surface area contributed by atoms with E-state index in [1.54, 1.807) is 6.92 Å². The largest absolute Gasteiger partial charge is 0.519 e. The SMILES string of the molecule is C=C(Cc1ccccc1OCc1oc(=O)oc1C)C(C)C. The Morgan fingerprint density at radius 1 is 1.29 bits per heavy atom. The Morgan fingerprint density at radius 3 is 2.62 bits per heavy atom. The van der Waals surface area contributed by atoms with Gasteiger partial charge in [0.25, 0.3) is 0 Å². The highest BCUT2D eigenvalue weighted by atomic mass is 16.6. The van der Waals surface area contributed by atoms with E-state index in [1.165, 1.54) is 0 Å². The summed E-state index contributed by atoms with van der Waals surface area (Å²) in [5.74, 6) is 1.35. The molecule has 0 atom stereocenters. The summed E-state index contributed by atoms with van der Waals surface area (Å²) in [6.07, 6.45) is 0.766. The van der Waals surface area contributed by atoms with Crippen molar-refractivity contribution in [1.29, 1.82) is 0 Å². The summed E-state index contributed by atoms with van der Waals surface area (Å²) in [4.78, 5) is 11.0. The van der Waals surface area contributed by atoms with Crippen LogP contribution in [0.15, 0.2) is 50.0 Å².